The van der Waals surface area contributed by atoms with Crippen LogP contribution in [0.5, 0.6) is 23.0 Å². The Morgan fingerprint density at radius 2 is 0.571 bits per heavy atom. The number of carbonyl (C=O) groups excluding carboxylic acids is 4. The monoisotopic (exact) mass is 662 g/mol. The molecule has 0 aliphatic carbocycles. The van der Waals surface area contributed by atoms with Gasteiger partial charge in [-0.15, -0.1) is 0 Å². The van der Waals surface area contributed by atoms with Gasteiger partial charge >= 0.3 is 5.97 Å². The molecule has 0 aromatic heterocycles. The second-order valence-electron chi connectivity index (χ2n) is 9.90. The summed E-state index contributed by atoms with van der Waals surface area (Å²) in [5, 5.41) is 8.38. The molecule has 10 nitrogen and oxygen atoms in total. The van der Waals surface area contributed by atoms with Crippen LogP contribution in [-0.2, 0) is 0 Å². The summed E-state index contributed by atoms with van der Waals surface area (Å²) in [5.41, 5.74) is 1.69. The van der Waals surface area contributed by atoms with Crippen LogP contribution < -0.4 is 18.9 Å². The van der Waals surface area contributed by atoms with Crippen LogP contribution in [0.4, 0.5) is 0 Å². The number of ketones is 4. The van der Waals surface area contributed by atoms with E-state index in [1.165, 1.54) is 0 Å². The maximum atomic E-state index is 12.1. The first-order chi connectivity index (χ1) is 23.6. The molecule has 5 aromatic carbocycles. The number of carboxylic acids is 1. The second-order valence-corrected chi connectivity index (χ2v) is 9.90. The van der Waals surface area contributed by atoms with Crippen molar-refractivity contribution in [2.75, 3.05) is 28.4 Å². The van der Waals surface area contributed by atoms with Gasteiger partial charge in [-0.05, 0) is 109 Å². The van der Waals surface area contributed by atoms with Crippen LogP contribution in [0.2, 0.25) is 0 Å². The fourth-order valence-corrected chi connectivity index (χ4v) is 4.07. The van der Waals surface area contributed by atoms with Crippen molar-refractivity contribution in [1.29, 1.82) is 0 Å². The molecule has 1 N–H and O–H groups in total. The Kier molecular flexibility index (Phi) is 14.0. The molecule has 0 saturated heterocycles. The lowest BCUT2D eigenvalue weighted by Gasteiger charge is -2.04. The van der Waals surface area contributed by atoms with Gasteiger partial charge in [0, 0.05) is 22.3 Å². The number of hydrogen-bond acceptors (Lipinski definition) is 9. The lowest BCUT2D eigenvalue weighted by atomic mass is 10.0. The summed E-state index contributed by atoms with van der Waals surface area (Å²) >= 11 is 0. The Hall–Kier alpha value is -6.55. The van der Waals surface area contributed by atoms with Crippen LogP contribution in [0.1, 0.15) is 51.8 Å². The Morgan fingerprint density at radius 3 is 0.735 bits per heavy atom. The molecule has 5 rings (SSSR count). The summed E-state index contributed by atoms with van der Waals surface area (Å²) in [7, 11) is 6.16. The molecule has 0 saturated carbocycles. The Morgan fingerprint density at radius 1 is 0.347 bits per heavy atom. The number of aromatic carboxylic acids is 1. The molecule has 0 aliphatic heterocycles. The van der Waals surface area contributed by atoms with Gasteiger partial charge < -0.3 is 24.1 Å². The average Bonchev–Trinajstić information content (AvgIpc) is 3.17. The number of hydrogen-bond donors (Lipinski definition) is 1. The zero-order chi connectivity index (χ0) is 35.8. The van der Waals surface area contributed by atoms with E-state index in [2.05, 4.69) is 0 Å². The van der Waals surface area contributed by atoms with Crippen LogP contribution in [-0.4, -0.2) is 62.6 Å². The number of rotatable bonds is 11. The summed E-state index contributed by atoms with van der Waals surface area (Å²) in [6, 6.07) is 34.1. The van der Waals surface area contributed by atoms with Gasteiger partial charge in [-0.2, -0.15) is 0 Å². The normalized spacial score (nSPS) is 9.71. The molecular weight excluding hydrogens is 628 g/mol. The molecule has 0 fully saturated rings. The fraction of sp³-hybridized carbons (Fsp3) is 0.103. The second kappa shape index (κ2) is 18.6. The predicted molar refractivity (Wildman–Crippen MR) is 183 cm³/mol. The van der Waals surface area contributed by atoms with E-state index in [1.54, 1.807) is 156 Å². The molecule has 0 spiro atoms. The molecule has 0 heterocycles. The SMILES string of the molecule is COc1ccc(C(=O)C(=O)c2ccc(OC)cc2)cc1.COc1ccc(C(=O)C(=O)c2ccc(OC)cc2)cc1.O=C(O)c1ccccc1. The van der Waals surface area contributed by atoms with E-state index >= 15 is 0 Å². The number of methoxy groups -OCH3 is 4. The van der Waals surface area contributed by atoms with Crippen molar-refractivity contribution in [2.45, 2.75) is 0 Å². The highest BCUT2D eigenvalue weighted by molar-refractivity contribution is 6.49. The lowest BCUT2D eigenvalue weighted by Crippen LogP contribution is -2.14. The minimum atomic E-state index is -0.879. The molecule has 0 unspecified atom stereocenters. The molecule has 10 heteroatoms. The summed E-state index contributed by atoms with van der Waals surface area (Å²) in [6.07, 6.45) is 0. The van der Waals surface area contributed by atoms with Crippen LogP contribution in [0.15, 0.2) is 127 Å². The van der Waals surface area contributed by atoms with Gasteiger partial charge in [0.1, 0.15) is 23.0 Å². The van der Waals surface area contributed by atoms with Crippen molar-refractivity contribution < 1.29 is 48.0 Å². The predicted octanol–water partition coefficient (Wildman–Crippen LogP) is 6.92. The van der Waals surface area contributed by atoms with Crippen molar-refractivity contribution in [2.24, 2.45) is 0 Å². The minimum Gasteiger partial charge on any atom is -0.497 e. The van der Waals surface area contributed by atoms with Crippen molar-refractivity contribution in [1.82, 2.24) is 0 Å². The van der Waals surface area contributed by atoms with Crippen LogP contribution in [0.3, 0.4) is 0 Å². The third kappa shape index (κ3) is 10.8. The van der Waals surface area contributed by atoms with Crippen molar-refractivity contribution in [3.05, 3.63) is 155 Å². The maximum absolute atomic E-state index is 12.1. The molecule has 0 aliphatic rings. The van der Waals surface area contributed by atoms with E-state index in [0.29, 0.717) is 50.8 Å². The van der Waals surface area contributed by atoms with E-state index in [9.17, 15) is 24.0 Å². The number of benzene rings is 5. The third-order valence-corrected chi connectivity index (χ3v) is 6.84. The number of carboxylic acid groups (broad SMARTS) is 1. The third-order valence-electron chi connectivity index (χ3n) is 6.84. The lowest BCUT2D eigenvalue weighted by molar-refractivity contribution is 0.0696. The van der Waals surface area contributed by atoms with Gasteiger partial charge in [0.25, 0.3) is 0 Å². The van der Waals surface area contributed by atoms with E-state index in [1.807, 2.05) is 0 Å². The summed E-state index contributed by atoms with van der Waals surface area (Å²) in [6.45, 7) is 0. The van der Waals surface area contributed by atoms with Gasteiger partial charge in [-0.3, -0.25) is 19.2 Å². The molecule has 5 aromatic rings. The van der Waals surface area contributed by atoms with Crippen LogP contribution in [0.25, 0.3) is 0 Å². The van der Waals surface area contributed by atoms with Crippen molar-refractivity contribution in [3.8, 4) is 23.0 Å². The summed E-state index contributed by atoms with van der Waals surface area (Å²) in [4.78, 5) is 58.5. The van der Waals surface area contributed by atoms with E-state index in [-0.39, 0.29) is 0 Å². The number of carbonyl (C=O) groups is 5. The van der Waals surface area contributed by atoms with Gasteiger partial charge in [-0.1, -0.05) is 18.2 Å². The Bertz CT molecular complexity index is 1620. The zero-order valence-electron chi connectivity index (χ0n) is 27.2. The van der Waals surface area contributed by atoms with Gasteiger partial charge in [-0.25, -0.2) is 4.79 Å². The molecule has 250 valence electrons. The maximum Gasteiger partial charge on any atom is 0.335 e. The summed E-state index contributed by atoms with van der Waals surface area (Å²) in [5.74, 6) is -0.504. The average molecular weight is 663 g/mol. The van der Waals surface area contributed by atoms with Crippen LogP contribution in [0, 0.1) is 0 Å². The topological polar surface area (TPSA) is 142 Å². The van der Waals surface area contributed by atoms with E-state index < -0.39 is 29.1 Å². The largest absolute Gasteiger partial charge is 0.497 e. The van der Waals surface area contributed by atoms with Gasteiger partial charge in [0.2, 0.25) is 23.1 Å². The quantitative estimate of drug-likeness (QED) is 0.117. The number of ether oxygens (including phenoxy) is 4. The first kappa shape index (κ1) is 36.9. The first-order valence-corrected chi connectivity index (χ1v) is 14.6. The molecule has 0 radical (unpaired) electrons. The van der Waals surface area contributed by atoms with E-state index in [0.717, 1.165) is 0 Å². The highest BCUT2D eigenvalue weighted by Gasteiger charge is 2.19. The Labute approximate surface area is 283 Å². The molecular formula is C39H34O10. The molecule has 0 bridgehead atoms. The standard InChI is InChI=1S/2C16H14O4.C7H6O2/c2*1-19-13-7-3-11(4-8-13)15(17)16(18)12-5-9-14(20-2)10-6-12;8-7(9)6-4-2-1-3-5-6/h2*3-10H,1-2H3;1-5H,(H,8,9). The zero-order valence-corrected chi connectivity index (χ0v) is 27.2. The number of Topliss-reactive ketones (excluding diaryl/α,β-unsaturated/α-hetero) is 4. The highest BCUT2D eigenvalue weighted by atomic mass is 16.5. The van der Waals surface area contributed by atoms with E-state index in [4.69, 9.17) is 24.1 Å². The minimum absolute atomic E-state index is 0.331. The molecule has 0 amide bonds. The van der Waals surface area contributed by atoms with Crippen molar-refractivity contribution >= 4 is 29.1 Å². The smallest absolute Gasteiger partial charge is 0.335 e. The molecule has 49 heavy (non-hydrogen) atoms. The van der Waals surface area contributed by atoms with Gasteiger partial charge in [0.05, 0.1) is 34.0 Å². The molecule has 0 atom stereocenters. The van der Waals surface area contributed by atoms with Gasteiger partial charge in [0.15, 0.2) is 0 Å². The fourth-order valence-electron chi connectivity index (χ4n) is 4.07. The highest BCUT2D eigenvalue weighted by Crippen LogP contribution is 2.18. The van der Waals surface area contributed by atoms with Crippen LogP contribution >= 0.6 is 0 Å². The first-order valence-electron chi connectivity index (χ1n) is 14.6. The Balaban J connectivity index is 0.000000213. The summed E-state index contributed by atoms with van der Waals surface area (Å²) < 4.78 is 20.0. The van der Waals surface area contributed by atoms with Crippen molar-refractivity contribution in [3.63, 3.8) is 0 Å².